The van der Waals surface area contributed by atoms with Crippen molar-refractivity contribution in [3.8, 4) is 5.75 Å². The van der Waals surface area contributed by atoms with Gasteiger partial charge in [-0.1, -0.05) is 29.8 Å². The molecule has 4 rings (SSSR count). The van der Waals surface area contributed by atoms with Crippen molar-refractivity contribution in [3.63, 3.8) is 0 Å². The molecule has 22 heavy (non-hydrogen) atoms. The molecule has 2 heterocycles. The summed E-state index contributed by atoms with van der Waals surface area (Å²) < 4.78 is 17.8. The third-order valence-corrected chi connectivity index (χ3v) is 4.95. The van der Waals surface area contributed by atoms with Gasteiger partial charge in [0.05, 0.1) is 13.2 Å². The molecule has 1 aromatic carbocycles. The van der Waals surface area contributed by atoms with Gasteiger partial charge in [0.15, 0.2) is 5.79 Å². The lowest BCUT2D eigenvalue weighted by Crippen LogP contribution is -2.33. The van der Waals surface area contributed by atoms with Crippen LogP contribution in [-0.2, 0) is 15.9 Å². The molecule has 0 unspecified atom stereocenters. The molecule has 0 bridgehead atoms. The van der Waals surface area contributed by atoms with Gasteiger partial charge in [-0.3, -0.25) is 0 Å². The van der Waals surface area contributed by atoms with Crippen LogP contribution in [0.1, 0.15) is 50.7 Å². The molecular weight excluding hydrogens is 276 g/mol. The number of fused-ring (bicyclic) bond motifs is 1. The standard InChI is InChI=1S/C19H24O3/c1-18(2)13-16-5-3-4-15(17(16)22-18)12-14-6-8-19(9-7-14)20-10-11-21-19/h3-5,12H,6-11,13H2,1-2H3. The first kappa shape index (κ1) is 14.3. The summed E-state index contributed by atoms with van der Waals surface area (Å²) >= 11 is 0. The summed E-state index contributed by atoms with van der Waals surface area (Å²) in [6.07, 6.45) is 7.35. The molecule has 0 radical (unpaired) electrons. The Morgan fingerprint density at radius 3 is 2.50 bits per heavy atom. The molecule has 1 saturated heterocycles. The van der Waals surface area contributed by atoms with Gasteiger partial charge in [0.25, 0.3) is 0 Å². The minimum absolute atomic E-state index is 0.0842. The Morgan fingerprint density at radius 1 is 1.05 bits per heavy atom. The highest BCUT2D eigenvalue weighted by molar-refractivity contribution is 5.63. The van der Waals surface area contributed by atoms with E-state index in [1.54, 1.807) is 0 Å². The molecule has 0 N–H and O–H groups in total. The van der Waals surface area contributed by atoms with Crippen molar-refractivity contribution in [2.45, 2.75) is 57.3 Å². The van der Waals surface area contributed by atoms with Gasteiger partial charge in [-0.15, -0.1) is 0 Å². The van der Waals surface area contributed by atoms with Gasteiger partial charge >= 0.3 is 0 Å². The average Bonchev–Trinajstić information content (AvgIpc) is 3.05. The zero-order valence-corrected chi connectivity index (χ0v) is 13.5. The maximum Gasteiger partial charge on any atom is 0.169 e. The summed E-state index contributed by atoms with van der Waals surface area (Å²) in [6, 6.07) is 6.49. The highest BCUT2D eigenvalue weighted by Gasteiger charge is 2.39. The van der Waals surface area contributed by atoms with Crippen LogP contribution >= 0.6 is 0 Å². The molecule has 1 aromatic rings. The van der Waals surface area contributed by atoms with Gasteiger partial charge in [-0.05, 0) is 32.3 Å². The van der Waals surface area contributed by atoms with Crippen molar-refractivity contribution in [2.75, 3.05) is 13.2 Å². The van der Waals surface area contributed by atoms with Crippen LogP contribution in [-0.4, -0.2) is 24.6 Å². The molecule has 2 fully saturated rings. The van der Waals surface area contributed by atoms with Crippen LogP contribution < -0.4 is 4.74 Å². The highest BCUT2D eigenvalue weighted by atomic mass is 16.7. The summed E-state index contributed by atoms with van der Waals surface area (Å²) in [7, 11) is 0. The minimum atomic E-state index is -0.283. The summed E-state index contributed by atoms with van der Waals surface area (Å²) in [5.74, 6) is 0.794. The van der Waals surface area contributed by atoms with Crippen molar-refractivity contribution in [1.82, 2.24) is 0 Å². The van der Waals surface area contributed by atoms with E-state index in [-0.39, 0.29) is 11.4 Å². The van der Waals surface area contributed by atoms with Gasteiger partial charge in [0.2, 0.25) is 0 Å². The lowest BCUT2D eigenvalue weighted by atomic mass is 9.88. The molecule has 0 aromatic heterocycles. The zero-order chi connectivity index (χ0) is 15.2. The zero-order valence-electron chi connectivity index (χ0n) is 13.5. The predicted molar refractivity (Wildman–Crippen MR) is 85.9 cm³/mol. The molecule has 3 aliphatic rings. The SMILES string of the molecule is CC1(C)Cc2cccc(C=C3CCC4(CC3)OCCO4)c2O1. The Bertz CT molecular complexity index is 597. The number of ether oxygens (including phenoxy) is 3. The maximum atomic E-state index is 6.17. The van der Waals surface area contributed by atoms with E-state index in [0.29, 0.717) is 0 Å². The van der Waals surface area contributed by atoms with Crippen LogP contribution in [0.4, 0.5) is 0 Å². The summed E-state index contributed by atoms with van der Waals surface area (Å²) in [5.41, 5.74) is 3.95. The van der Waals surface area contributed by atoms with Crippen LogP contribution in [0.3, 0.4) is 0 Å². The van der Waals surface area contributed by atoms with E-state index >= 15 is 0 Å². The Balaban J connectivity index is 1.54. The van der Waals surface area contributed by atoms with Crippen LogP contribution in [0.15, 0.2) is 23.8 Å². The van der Waals surface area contributed by atoms with E-state index in [1.165, 1.54) is 16.7 Å². The largest absolute Gasteiger partial charge is 0.487 e. The fourth-order valence-corrected chi connectivity index (χ4v) is 3.86. The molecule has 1 aliphatic carbocycles. The number of allylic oxidation sites excluding steroid dienone is 1. The first-order valence-electron chi connectivity index (χ1n) is 8.34. The maximum absolute atomic E-state index is 6.17. The summed E-state index contributed by atoms with van der Waals surface area (Å²) in [5, 5.41) is 0. The topological polar surface area (TPSA) is 27.7 Å². The quantitative estimate of drug-likeness (QED) is 0.781. The number of rotatable bonds is 1. The van der Waals surface area contributed by atoms with E-state index in [1.807, 2.05) is 0 Å². The summed E-state index contributed by atoms with van der Waals surface area (Å²) in [6.45, 7) is 5.80. The van der Waals surface area contributed by atoms with Gasteiger partial charge < -0.3 is 14.2 Å². The Kier molecular flexibility index (Phi) is 3.31. The second-order valence-corrected chi connectivity index (χ2v) is 7.28. The third-order valence-electron chi connectivity index (χ3n) is 4.95. The van der Waals surface area contributed by atoms with E-state index in [2.05, 4.69) is 38.1 Å². The first-order chi connectivity index (χ1) is 10.6. The van der Waals surface area contributed by atoms with Crippen LogP contribution in [0, 0.1) is 0 Å². The minimum Gasteiger partial charge on any atom is -0.487 e. The van der Waals surface area contributed by atoms with Gasteiger partial charge in [0, 0.05) is 24.8 Å². The van der Waals surface area contributed by atoms with Crippen molar-refractivity contribution >= 4 is 6.08 Å². The second kappa shape index (κ2) is 5.10. The smallest absolute Gasteiger partial charge is 0.169 e. The van der Waals surface area contributed by atoms with Crippen molar-refractivity contribution < 1.29 is 14.2 Å². The van der Waals surface area contributed by atoms with Crippen LogP contribution in [0.2, 0.25) is 0 Å². The van der Waals surface area contributed by atoms with E-state index < -0.39 is 0 Å². The molecular formula is C19H24O3. The predicted octanol–water partition coefficient (Wildman–Crippen LogP) is 4.10. The van der Waals surface area contributed by atoms with Crippen LogP contribution in [0.5, 0.6) is 5.75 Å². The normalized spacial score (nSPS) is 25.1. The molecule has 1 spiro atoms. The fourth-order valence-electron chi connectivity index (χ4n) is 3.86. The average molecular weight is 300 g/mol. The molecule has 0 amide bonds. The van der Waals surface area contributed by atoms with Gasteiger partial charge in [-0.25, -0.2) is 0 Å². The summed E-state index contributed by atoms with van der Waals surface area (Å²) in [4.78, 5) is 0. The fraction of sp³-hybridized carbons (Fsp3) is 0.579. The molecule has 2 aliphatic heterocycles. The Labute approximate surface area is 132 Å². The van der Waals surface area contributed by atoms with Crippen LogP contribution in [0.25, 0.3) is 6.08 Å². The Morgan fingerprint density at radius 2 is 1.77 bits per heavy atom. The Hall–Kier alpha value is -1.32. The first-order valence-corrected chi connectivity index (χ1v) is 8.34. The number of hydrogen-bond donors (Lipinski definition) is 0. The monoisotopic (exact) mass is 300 g/mol. The second-order valence-electron chi connectivity index (χ2n) is 7.28. The number of hydrogen-bond acceptors (Lipinski definition) is 3. The van der Waals surface area contributed by atoms with Crippen molar-refractivity contribution in [3.05, 3.63) is 34.9 Å². The highest BCUT2D eigenvalue weighted by Crippen LogP contribution is 2.41. The molecule has 118 valence electrons. The lowest BCUT2D eigenvalue weighted by Gasteiger charge is -2.32. The lowest BCUT2D eigenvalue weighted by molar-refractivity contribution is -0.171. The molecule has 0 atom stereocenters. The number of para-hydroxylation sites is 1. The molecule has 3 heteroatoms. The van der Waals surface area contributed by atoms with E-state index in [4.69, 9.17) is 14.2 Å². The van der Waals surface area contributed by atoms with Gasteiger partial charge in [0.1, 0.15) is 11.4 Å². The van der Waals surface area contributed by atoms with Crippen molar-refractivity contribution in [2.24, 2.45) is 0 Å². The number of benzene rings is 1. The molecule has 1 saturated carbocycles. The van der Waals surface area contributed by atoms with E-state index in [9.17, 15) is 0 Å². The molecule has 3 nitrogen and oxygen atoms in total. The van der Waals surface area contributed by atoms with E-state index in [0.717, 1.165) is 51.1 Å². The third kappa shape index (κ3) is 2.57. The van der Waals surface area contributed by atoms with Crippen molar-refractivity contribution in [1.29, 1.82) is 0 Å². The van der Waals surface area contributed by atoms with Gasteiger partial charge in [-0.2, -0.15) is 0 Å².